The molecule has 2 aromatic rings. The van der Waals surface area contributed by atoms with E-state index in [2.05, 4.69) is 4.99 Å². The number of hydrogen-bond donors (Lipinski definition) is 0. The van der Waals surface area contributed by atoms with Crippen LogP contribution in [0.15, 0.2) is 39.7 Å². The van der Waals surface area contributed by atoms with Gasteiger partial charge in [-0.1, -0.05) is 11.6 Å². The van der Waals surface area contributed by atoms with Gasteiger partial charge in [0, 0.05) is 23.5 Å². The average molecular weight is 299 g/mol. The van der Waals surface area contributed by atoms with Gasteiger partial charge in [-0.2, -0.15) is 4.99 Å². The number of aryl methyl sites for hydroxylation is 1. The van der Waals surface area contributed by atoms with Crippen LogP contribution in [-0.2, 0) is 7.05 Å². The number of halogens is 1. The van der Waals surface area contributed by atoms with Crippen LogP contribution in [0.25, 0.3) is 0 Å². The van der Waals surface area contributed by atoms with Crippen molar-refractivity contribution in [3.05, 3.63) is 45.2 Å². The molecule has 2 rings (SSSR count). The lowest BCUT2D eigenvalue weighted by Crippen LogP contribution is -2.12. The normalized spacial score (nSPS) is 11.8. The Morgan fingerprint density at radius 2 is 2.28 bits per heavy atom. The highest BCUT2D eigenvalue weighted by atomic mass is 35.5. The summed E-state index contributed by atoms with van der Waals surface area (Å²) >= 11 is 9.02. The topological polar surface area (TPSA) is 34.4 Å². The van der Waals surface area contributed by atoms with Gasteiger partial charge >= 0.3 is 0 Å². The van der Waals surface area contributed by atoms with E-state index in [0.717, 1.165) is 4.90 Å². The van der Waals surface area contributed by atoms with E-state index in [0.29, 0.717) is 15.4 Å². The van der Waals surface area contributed by atoms with Gasteiger partial charge in [0.05, 0.1) is 10.6 Å². The maximum Gasteiger partial charge on any atom is 0.281 e. The van der Waals surface area contributed by atoms with Crippen LogP contribution in [0.5, 0.6) is 0 Å². The molecular formula is C12H11ClN2OS2. The van der Waals surface area contributed by atoms with E-state index in [1.54, 1.807) is 28.5 Å². The summed E-state index contributed by atoms with van der Waals surface area (Å²) in [5.74, 6) is -0.311. The molecule has 0 fully saturated rings. The zero-order valence-electron chi connectivity index (χ0n) is 9.88. The van der Waals surface area contributed by atoms with Crippen molar-refractivity contribution >= 4 is 40.6 Å². The smallest absolute Gasteiger partial charge is 0.281 e. The SMILES string of the molecule is CSc1ccc(Cl)c(C(=O)N=c2sccn2C)c1. The fourth-order valence-corrected chi connectivity index (χ4v) is 2.74. The minimum absolute atomic E-state index is 0.311. The second kappa shape index (κ2) is 5.73. The van der Waals surface area contributed by atoms with Crippen molar-refractivity contribution < 1.29 is 4.79 Å². The Kier molecular flexibility index (Phi) is 4.27. The average Bonchev–Trinajstić information content (AvgIpc) is 2.75. The van der Waals surface area contributed by atoms with Crippen molar-refractivity contribution in [2.45, 2.75) is 4.90 Å². The van der Waals surface area contributed by atoms with E-state index in [1.165, 1.54) is 11.3 Å². The second-order valence-electron chi connectivity index (χ2n) is 3.56. The number of aromatic nitrogens is 1. The summed E-state index contributed by atoms with van der Waals surface area (Å²) in [4.78, 5) is 17.8. The Balaban J connectivity index is 2.44. The number of benzene rings is 1. The van der Waals surface area contributed by atoms with Crippen molar-refractivity contribution in [3.63, 3.8) is 0 Å². The Bertz CT molecular complexity index is 646. The zero-order chi connectivity index (χ0) is 13.1. The highest BCUT2D eigenvalue weighted by molar-refractivity contribution is 7.98. The van der Waals surface area contributed by atoms with Crippen molar-refractivity contribution in [3.8, 4) is 0 Å². The van der Waals surface area contributed by atoms with Crippen LogP contribution in [0.3, 0.4) is 0 Å². The van der Waals surface area contributed by atoms with Gasteiger partial charge in [-0.3, -0.25) is 4.79 Å². The van der Waals surface area contributed by atoms with E-state index in [-0.39, 0.29) is 5.91 Å². The van der Waals surface area contributed by atoms with Crippen LogP contribution >= 0.6 is 34.7 Å². The molecule has 1 aromatic carbocycles. The van der Waals surface area contributed by atoms with Gasteiger partial charge in [0.25, 0.3) is 5.91 Å². The molecule has 0 bridgehead atoms. The third kappa shape index (κ3) is 2.85. The molecule has 0 aliphatic heterocycles. The van der Waals surface area contributed by atoms with Gasteiger partial charge in [-0.05, 0) is 24.5 Å². The van der Waals surface area contributed by atoms with E-state index in [1.807, 2.05) is 30.9 Å². The molecule has 0 radical (unpaired) electrons. The van der Waals surface area contributed by atoms with E-state index >= 15 is 0 Å². The number of carbonyl (C=O) groups is 1. The van der Waals surface area contributed by atoms with Gasteiger partial charge < -0.3 is 4.57 Å². The van der Waals surface area contributed by atoms with E-state index in [4.69, 9.17) is 11.6 Å². The minimum Gasteiger partial charge on any atom is -0.327 e. The first-order chi connectivity index (χ1) is 8.61. The summed E-state index contributed by atoms with van der Waals surface area (Å²) in [7, 11) is 1.85. The number of carbonyl (C=O) groups excluding carboxylic acids is 1. The summed E-state index contributed by atoms with van der Waals surface area (Å²) in [5.41, 5.74) is 0.442. The number of nitrogens with zero attached hydrogens (tertiary/aromatic N) is 2. The molecule has 1 amide bonds. The number of thioether (sulfide) groups is 1. The molecule has 18 heavy (non-hydrogen) atoms. The van der Waals surface area contributed by atoms with E-state index < -0.39 is 0 Å². The molecule has 0 aliphatic carbocycles. The number of thiazole rings is 1. The van der Waals surface area contributed by atoms with Crippen LogP contribution in [0.4, 0.5) is 0 Å². The lowest BCUT2D eigenvalue weighted by molar-refractivity contribution is 0.0998. The standard InChI is InChI=1S/C12H11ClN2OS2/c1-15-5-6-18-12(15)14-11(16)9-7-8(17-2)3-4-10(9)13/h3-7H,1-2H3. The molecule has 3 nitrogen and oxygen atoms in total. The molecule has 0 N–H and O–H groups in total. The highest BCUT2D eigenvalue weighted by Gasteiger charge is 2.10. The van der Waals surface area contributed by atoms with Crippen LogP contribution in [0.2, 0.25) is 5.02 Å². The van der Waals surface area contributed by atoms with E-state index in [9.17, 15) is 4.79 Å². The summed E-state index contributed by atoms with van der Waals surface area (Å²) in [6.07, 6.45) is 3.81. The molecule has 0 unspecified atom stereocenters. The fourth-order valence-electron chi connectivity index (χ4n) is 1.38. The molecule has 1 aromatic heterocycles. The predicted octanol–water partition coefficient (Wildman–Crippen LogP) is 3.20. The Morgan fingerprint density at radius 1 is 1.50 bits per heavy atom. The largest absolute Gasteiger partial charge is 0.327 e. The maximum atomic E-state index is 12.1. The van der Waals surface area contributed by atoms with Gasteiger partial charge in [-0.15, -0.1) is 23.1 Å². The van der Waals surface area contributed by atoms with Crippen LogP contribution in [0.1, 0.15) is 10.4 Å². The summed E-state index contributed by atoms with van der Waals surface area (Å²) in [6, 6.07) is 5.38. The zero-order valence-corrected chi connectivity index (χ0v) is 12.3. The van der Waals surface area contributed by atoms with Crippen LogP contribution in [0, 0.1) is 0 Å². The van der Waals surface area contributed by atoms with Crippen molar-refractivity contribution in [1.82, 2.24) is 4.57 Å². The van der Waals surface area contributed by atoms with Crippen molar-refractivity contribution in [2.24, 2.45) is 12.0 Å². The first-order valence-electron chi connectivity index (χ1n) is 5.14. The first kappa shape index (κ1) is 13.4. The van der Waals surface area contributed by atoms with Crippen molar-refractivity contribution in [2.75, 3.05) is 6.26 Å². The second-order valence-corrected chi connectivity index (χ2v) is 5.72. The molecule has 0 atom stereocenters. The quantitative estimate of drug-likeness (QED) is 0.798. The fraction of sp³-hybridized carbons (Fsp3) is 0.167. The lowest BCUT2D eigenvalue weighted by atomic mass is 10.2. The number of hydrogen-bond acceptors (Lipinski definition) is 3. The minimum atomic E-state index is -0.311. The Labute approximate surface area is 118 Å². The molecule has 0 saturated carbocycles. The van der Waals surface area contributed by atoms with Crippen LogP contribution < -0.4 is 4.80 Å². The monoisotopic (exact) mass is 298 g/mol. The molecule has 6 heteroatoms. The van der Waals surface area contributed by atoms with Gasteiger partial charge in [0.15, 0.2) is 4.80 Å². The van der Waals surface area contributed by atoms with Gasteiger partial charge in [0.1, 0.15) is 0 Å². The predicted molar refractivity (Wildman–Crippen MR) is 76.4 cm³/mol. The molecule has 0 spiro atoms. The van der Waals surface area contributed by atoms with Crippen LogP contribution in [-0.4, -0.2) is 16.7 Å². The summed E-state index contributed by atoms with van der Waals surface area (Å²) in [5, 5.41) is 2.31. The Morgan fingerprint density at radius 3 is 2.89 bits per heavy atom. The summed E-state index contributed by atoms with van der Waals surface area (Å²) < 4.78 is 1.80. The molecular weight excluding hydrogens is 288 g/mol. The van der Waals surface area contributed by atoms with Crippen molar-refractivity contribution in [1.29, 1.82) is 0 Å². The number of rotatable bonds is 2. The maximum absolute atomic E-state index is 12.1. The molecule has 1 heterocycles. The van der Waals surface area contributed by atoms with Gasteiger partial charge in [0.2, 0.25) is 0 Å². The first-order valence-corrected chi connectivity index (χ1v) is 7.63. The molecule has 0 saturated heterocycles. The summed E-state index contributed by atoms with van der Waals surface area (Å²) in [6.45, 7) is 0. The lowest BCUT2D eigenvalue weighted by Gasteiger charge is -2.02. The molecule has 94 valence electrons. The third-order valence-electron chi connectivity index (χ3n) is 2.36. The number of amides is 1. The third-order valence-corrected chi connectivity index (χ3v) is 4.26. The van der Waals surface area contributed by atoms with Gasteiger partial charge in [-0.25, -0.2) is 0 Å². The Hall–Kier alpha value is -1.04. The molecule has 0 aliphatic rings. The highest BCUT2D eigenvalue weighted by Crippen LogP contribution is 2.23.